The van der Waals surface area contributed by atoms with Gasteiger partial charge in [0.1, 0.15) is 0 Å². The van der Waals surface area contributed by atoms with Crippen molar-refractivity contribution in [3.8, 4) is 0 Å². The topological polar surface area (TPSA) is 72.0 Å². The lowest BCUT2D eigenvalue weighted by Gasteiger charge is -2.09. The molecule has 0 saturated carbocycles. The SMILES string of the molecule is COCCCNc1cnnc(Nc2ccc(Cl)cc2C)n1. The van der Waals surface area contributed by atoms with Gasteiger partial charge in [0.25, 0.3) is 0 Å². The van der Waals surface area contributed by atoms with Crippen molar-refractivity contribution >= 4 is 29.1 Å². The van der Waals surface area contributed by atoms with Crippen LogP contribution < -0.4 is 10.6 Å². The first-order chi connectivity index (χ1) is 10.2. The third kappa shape index (κ3) is 4.84. The number of hydrogen-bond donors (Lipinski definition) is 2. The number of halogens is 1. The van der Waals surface area contributed by atoms with Crippen LogP contribution in [0.1, 0.15) is 12.0 Å². The molecule has 0 atom stereocenters. The lowest BCUT2D eigenvalue weighted by molar-refractivity contribution is 0.197. The molecule has 0 bridgehead atoms. The predicted octanol–water partition coefficient (Wildman–Crippen LogP) is 3.03. The highest BCUT2D eigenvalue weighted by Gasteiger charge is 2.04. The second-order valence-corrected chi connectivity index (χ2v) is 4.96. The van der Waals surface area contributed by atoms with Gasteiger partial charge in [0.15, 0.2) is 5.82 Å². The first-order valence-corrected chi connectivity index (χ1v) is 7.02. The monoisotopic (exact) mass is 307 g/mol. The van der Waals surface area contributed by atoms with Gasteiger partial charge in [-0.2, -0.15) is 10.1 Å². The van der Waals surface area contributed by atoms with E-state index >= 15 is 0 Å². The Hall–Kier alpha value is -1.92. The van der Waals surface area contributed by atoms with Gasteiger partial charge in [0, 0.05) is 31.0 Å². The minimum atomic E-state index is 0.442. The molecule has 0 aliphatic heterocycles. The van der Waals surface area contributed by atoms with Crippen LogP contribution in [0.15, 0.2) is 24.4 Å². The summed E-state index contributed by atoms with van der Waals surface area (Å²) in [5.41, 5.74) is 1.92. The molecular weight excluding hydrogens is 290 g/mol. The maximum atomic E-state index is 5.94. The Morgan fingerprint density at radius 2 is 2.19 bits per heavy atom. The number of ether oxygens (including phenoxy) is 1. The van der Waals surface area contributed by atoms with Gasteiger partial charge >= 0.3 is 0 Å². The van der Waals surface area contributed by atoms with E-state index in [4.69, 9.17) is 16.3 Å². The number of aromatic nitrogens is 3. The fourth-order valence-corrected chi connectivity index (χ4v) is 1.99. The van der Waals surface area contributed by atoms with Crippen molar-refractivity contribution in [2.75, 3.05) is 30.9 Å². The molecule has 2 N–H and O–H groups in total. The van der Waals surface area contributed by atoms with Gasteiger partial charge in [-0.05, 0) is 37.1 Å². The summed E-state index contributed by atoms with van der Waals surface area (Å²) in [6.07, 6.45) is 2.49. The largest absolute Gasteiger partial charge is 0.385 e. The Morgan fingerprint density at radius 1 is 1.33 bits per heavy atom. The molecule has 0 spiro atoms. The van der Waals surface area contributed by atoms with E-state index in [-0.39, 0.29) is 0 Å². The zero-order chi connectivity index (χ0) is 15.1. The first-order valence-electron chi connectivity index (χ1n) is 6.65. The summed E-state index contributed by atoms with van der Waals surface area (Å²) in [5, 5.41) is 14.9. The highest BCUT2D eigenvalue weighted by Crippen LogP contribution is 2.22. The minimum absolute atomic E-state index is 0.442. The van der Waals surface area contributed by atoms with Crippen LogP contribution in [0.2, 0.25) is 5.02 Å². The van der Waals surface area contributed by atoms with Gasteiger partial charge in [-0.25, -0.2) is 0 Å². The van der Waals surface area contributed by atoms with Crippen molar-refractivity contribution in [3.05, 3.63) is 35.0 Å². The van der Waals surface area contributed by atoms with Crippen LogP contribution in [0.3, 0.4) is 0 Å². The third-order valence-corrected chi connectivity index (χ3v) is 3.06. The van der Waals surface area contributed by atoms with Crippen LogP contribution >= 0.6 is 11.6 Å². The summed E-state index contributed by atoms with van der Waals surface area (Å²) in [6, 6.07) is 5.58. The zero-order valence-corrected chi connectivity index (χ0v) is 12.8. The van der Waals surface area contributed by atoms with Gasteiger partial charge in [0.2, 0.25) is 5.95 Å². The van der Waals surface area contributed by atoms with Crippen molar-refractivity contribution in [1.82, 2.24) is 15.2 Å². The number of aryl methyl sites for hydroxylation is 1. The number of methoxy groups -OCH3 is 1. The van der Waals surface area contributed by atoms with Crippen molar-refractivity contribution in [2.45, 2.75) is 13.3 Å². The lowest BCUT2D eigenvalue weighted by Crippen LogP contribution is -2.08. The Morgan fingerprint density at radius 3 is 2.95 bits per heavy atom. The van der Waals surface area contributed by atoms with Gasteiger partial charge in [0.05, 0.1) is 6.20 Å². The minimum Gasteiger partial charge on any atom is -0.385 e. The van der Waals surface area contributed by atoms with Crippen LogP contribution in [-0.4, -0.2) is 35.4 Å². The second kappa shape index (κ2) is 7.75. The van der Waals surface area contributed by atoms with E-state index in [1.54, 1.807) is 13.3 Å². The summed E-state index contributed by atoms with van der Waals surface area (Å²) < 4.78 is 4.99. The number of anilines is 3. The average Bonchev–Trinajstić information content (AvgIpc) is 2.47. The van der Waals surface area contributed by atoms with Crippen molar-refractivity contribution in [2.24, 2.45) is 0 Å². The van der Waals surface area contributed by atoms with Crippen LogP contribution in [0.4, 0.5) is 17.5 Å². The van der Waals surface area contributed by atoms with Gasteiger partial charge < -0.3 is 15.4 Å². The summed E-state index contributed by atoms with van der Waals surface area (Å²) in [6.45, 7) is 3.45. The smallest absolute Gasteiger partial charge is 0.249 e. The van der Waals surface area contributed by atoms with Crippen LogP contribution in [-0.2, 0) is 4.74 Å². The summed E-state index contributed by atoms with van der Waals surface area (Å²) in [5.74, 6) is 1.12. The predicted molar refractivity (Wildman–Crippen MR) is 84.3 cm³/mol. The zero-order valence-electron chi connectivity index (χ0n) is 12.1. The molecule has 1 aromatic heterocycles. The molecule has 7 heteroatoms. The van der Waals surface area contributed by atoms with Gasteiger partial charge in [-0.3, -0.25) is 0 Å². The van der Waals surface area contributed by atoms with Crippen molar-refractivity contribution < 1.29 is 4.74 Å². The highest BCUT2D eigenvalue weighted by atomic mass is 35.5. The maximum absolute atomic E-state index is 5.94. The van der Waals surface area contributed by atoms with Gasteiger partial charge in [-0.1, -0.05) is 11.6 Å². The molecule has 0 unspecified atom stereocenters. The molecule has 0 aliphatic rings. The molecule has 21 heavy (non-hydrogen) atoms. The molecule has 1 aromatic carbocycles. The normalized spacial score (nSPS) is 10.4. The quantitative estimate of drug-likeness (QED) is 0.766. The van der Waals surface area contributed by atoms with Crippen LogP contribution in [0.25, 0.3) is 0 Å². The number of benzene rings is 1. The van der Waals surface area contributed by atoms with E-state index in [9.17, 15) is 0 Å². The van der Waals surface area contributed by atoms with Crippen LogP contribution in [0, 0.1) is 6.92 Å². The second-order valence-electron chi connectivity index (χ2n) is 4.52. The van der Waals surface area contributed by atoms with Gasteiger partial charge in [-0.15, -0.1) is 5.10 Å². The molecule has 0 amide bonds. The van der Waals surface area contributed by atoms with E-state index < -0.39 is 0 Å². The number of nitrogens with one attached hydrogen (secondary N) is 2. The highest BCUT2D eigenvalue weighted by molar-refractivity contribution is 6.30. The van der Waals surface area contributed by atoms with E-state index in [0.717, 1.165) is 24.2 Å². The Bertz CT molecular complexity index is 593. The molecular formula is C14H18ClN5O. The lowest BCUT2D eigenvalue weighted by atomic mass is 10.2. The molecule has 2 aromatic rings. The fraction of sp³-hybridized carbons (Fsp3) is 0.357. The molecule has 0 aliphatic carbocycles. The number of rotatable bonds is 7. The number of hydrogen-bond acceptors (Lipinski definition) is 6. The van der Waals surface area contributed by atoms with E-state index in [0.29, 0.717) is 23.4 Å². The summed E-state index contributed by atoms with van der Waals surface area (Å²) in [7, 11) is 1.68. The van der Waals surface area contributed by atoms with Crippen molar-refractivity contribution in [1.29, 1.82) is 0 Å². The number of nitrogens with zero attached hydrogens (tertiary/aromatic N) is 3. The summed E-state index contributed by atoms with van der Waals surface area (Å²) >= 11 is 5.94. The van der Waals surface area contributed by atoms with E-state index in [1.807, 2.05) is 25.1 Å². The molecule has 0 saturated heterocycles. The Labute approximate surface area is 128 Å². The first kappa shape index (κ1) is 15.5. The Balaban J connectivity index is 2.00. The summed E-state index contributed by atoms with van der Waals surface area (Å²) in [4.78, 5) is 4.36. The molecule has 0 fully saturated rings. The van der Waals surface area contributed by atoms with Crippen molar-refractivity contribution in [3.63, 3.8) is 0 Å². The van der Waals surface area contributed by atoms with E-state index in [2.05, 4.69) is 25.8 Å². The van der Waals surface area contributed by atoms with E-state index in [1.165, 1.54) is 0 Å². The molecule has 112 valence electrons. The standard InChI is InChI=1S/C14H18ClN5O/c1-10-8-11(15)4-5-12(10)18-14-19-13(9-17-20-14)16-6-3-7-21-2/h4-5,8-9H,3,6-7H2,1-2H3,(H2,16,18,19,20). The molecule has 2 rings (SSSR count). The molecule has 1 heterocycles. The maximum Gasteiger partial charge on any atom is 0.249 e. The van der Waals surface area contributed by atoms with Crippen LogP contribution in [0.5, 0.6) is 0 Å². The average molecular weight is 308 g/mol. The fourth-order valence-electron chi connectivity index (χ4n) is 1.76. The molecule has 6 nitrogen and oxygen atoms in total. The third-order valence-electron chi connectivity index (χ3n) is 2.83. The Kier molecular flexibility index (Phi) is 5.71. The molecule has 0 radical (unpaired) electrons.